The number of aliphatic hydroxyl groups is 1. The summed E-state index contributed by atoms with van der Waals surface area (Å²) in [4.78, 5) is 17.6. The highest BCUT2D eigenvalue weighted by Crippen LogP contribution is 2.37. The molecule has 0 spiro atoms. The maximum atomic E-state index is 13.0. The summed E-state index contributed by atoms with van der Waals surface area (Å²) in [7, 11) is 0. The molecule has 8 heteroatoms. The SMILES string of the molecule is CCOC(=O)C(=C(C)O)c1sc(NN=Cc2ccc(F)cc2)nc1-c1ccc(C)cc1. The van der Waals surface area contributed by atoms with Gasteiger partial charge in [-0.3, -0.25) is 5.43 Å². The maximum absolute atomic E-state index is 13.0. The summed E-state index contributed by atoms with van der Waals surface area (Å²) in [5.74, 6) is -1.10. The van der Waals surface area contributed by atoms with Gasteiger partial charge in [-0.1, -0.05) is 53.3 Å². The quantitative estimate of drug-likeness (QED) is 0.166. The van der Waals surface area contributed by atoms with Crippen molar-refractivity contribution in [3.8, 4) is 11.3 Å². The number of thiazole rings is 1. The van der Waals surface area contributed by atoms with E-state index in [9.17, 15) is 14.3 Å². The smallest absolute Gasteiger partial charge is 0.343 e. The molecule has 2 aromatic carbocycles. The Morgan fingerprint density at radius 2 is 1.90 bits per heavy atom. The van der Waals surface area contributed by atoms with E-state index < -0.39 is 5.97 Å². The first-order valence-corrected chi connectivity index (χ1v) is 10.4. The number of nitrogens with one attached hydrogen (secondary N) is 1. The standard InChI is InChI=1S/C23H22FN3O3S/c1-4-30-22(29)19(15(3)28)21-20(17-9-5-14(2)6-10-17)26-23(31-21)27-25-13-16-7-11-18(24)12-8-16/h5-13,28H,4H2,1-3H3,(H,26,27). The number of aryl methyl sites for hydroxylation is 1. The second kappa shape index (κ2) is 9.99. The number of halogens is 1. The number of benzene rings is 2. The van der Waals surface area contributed by atoms with Gasteiger partial charge in [0.15, 0.2) is 0 Å². The molecule has 0 aliphatic heterocycles. The number of nitrogens with zero attached hydrogens (tertiary/aromatic N) is 2. The molecule has 0 bridgehead atoms. The van der Waals surface area contributed by atoms with Crippen LogP contribution in [0.5, 0.6) is 0 Å². The fourth-order valence-corrected chi connectivity index (χ4v) is 3.79. The Hall–Kier alpha value is -3.52. The van der Waals surface area contributed by atoms with Crippen LogP contribution in [0.2, 0.25) is 0 Å². The van der Waals surface area contributed by atoms with E-state index in [4.69, 9.17) is 4.74 Å². The van der Waals surface area contributed by atoms with Crippen molar-refractivity contribution in [1.29, 1.82) is 0 Å². The molecule has 0 atom stereocenters. The fraction of sp³-hybridized carbons (Fsp3) is 0.174. The van der Waals surface area contributed by atoms with Crippen LogP contribution in [0.25, 0.3) is 16.8 Å². The molecule has 0 amide bonds. The van der Waals surface area contributed by atoms with Crippen molar-refractivity contribution in [2.45, 2.75) is 20.8 Å². The molecule has 6 nitrogen and oxygen atoms in total. The van der Waals surface area contributed by atoms with Crippen LogP contribution in [-0.2, 0) is 9.53 Å². The van der Waals surface area contributed by atoms with Gasteiger partial charge in [0.25, 0.3) is 0 Å². The molecule has 160 valence electrons. The topological polar surface area (TPSA) is 83.8 Å². The van der Waals surface area contributed by atoms with Crippen molar-refractivity contribution in [2.24, 2.45) is 5.10 Å². The first kappa shape index (κ1) is 22.2. The summed E-state index contributed by atoms with van der Waals surface area (Å²) >= 11 is 1.17. The highest BCUT2D eigenvalue weighted by atomic mass is 32.1. The maximum Gasteiger partial charge on any atom is 0.343 e. The Kier molecular flexibility index (Phi) is 7.15. The first-order chi connectivity index (χ1) is 14.9. The van der Waals surface area contributed by atoms with Gasteiger partial charge >= 0.3 is 5.97 Å². The molecule has 0 aliphatic carbocycles. The molecule has 0 aliphatic rings. The van der Waals surface area contributed by atoms with Gasteiger partial charge in [0, 0.05) is 5.56 Å². The molecule has 0 unspecified atom stereocenters. The summed E-state index contributed by atoms with van der Waals surface area (Å²) in [6.45, 7) is 5.30. The highest BCUT2D eigenvalue weighted by Gasteiger charge is 2.25. The van der Waals surface area contributed by atoms with Crippen LogP contribution in [0.4, 0.5) is 9.52 Å². The van der Waals surface area contributed by atoms with Gasteiger partial charge in [-0.05, 0) is 38.5 Å². The Bertz CT molecular complexity index is 1120. The van der Waals surface area contributed by atoms with Crippen molar-refractivity contribution in [3.05, 3.63) is 76.1 Å². The van der Waals surface area contributed by atoms with Gasteiger partial charge in [0.2, 0.25) is 5.13 Å². The zero-order valence-corrected chi connectivity index (χ0v) is 18.2. The number of carbonyl (C=O) groups is 1. The fourth-order valence-electron chi connectivity index (χ4n) is 2.76. The highest BCUT2D eigenvalue weighted by molar-refractivity contribution is 7.17. The number of allylic oxidation sites excluding steroid dienone is 1. The van der Waals surface area contributed by atoms with E-state index in [0.717, 1.165) is 11.1 Å². The third-order valence-electron chi connectivity index (χ3n) is 4.26. The lowest BCUT2D eigenvalue weighted by Crippen LogP contribution is -2.08. The molecule has 3 aromatic rings. The number of aromatic nitrogens is 1. The van der Waals surface area contributed by atoms with Gasteiger partial charge in [0.05, 0.1) is 23.4 Å². The van der Waals surface area contributed by atoms with E-state index in [-0.39, 0.29) is 23.8 Å². The van der Waals surface area contributed by atoms with Crippen molar-refractivity contribution in [2.75, 3.05) is 12.0 Å². The summed E-state index contributed by atoms with van der Waals surface area (Å²) in [6.07, 6.45) is 1.53. The Labute approximate surface area is 183 Å². The minimum Gasteiger partial charge on any atom is -0.512 e. The number of hydrazone groups is 1. The van der Waals surface area contributed by atoms with Crippen LogP contribution < -0.4 is 5.43 Å². The number of carbonyl (C=O) groups excluding carboxylic acids is 1. The van der Waals surface area contributed by atoms with Gasteiger partial charge < -0.3 is 9.84 Å². The van der Waals surface area contributed by atoms with Crippen LogP contribution >= 0.6 is 11.3 Å². The molecule has 3 rings (SSSR count). The van der Waals surface area contributed by atoms with Gasteiger partial charge in [-0.15, -0.1) is 0 Å². The number of aliphatic hydroxyl groups excluding tert-OH is 1. The molecule has 1 heterocycles. The molecule has 2 N–H and O–H groups in total. The van der Waals surface area contributed by atoms with Crippen LogP contribution in [0, 0.1) is 12.7 Å². The molecular weight excluding hydrogens is 417 g/mol. The lowest BCUT2D eigenvalue weighted by atomic mass is 10.1. The lowest BCUT2D eigenvalue weighted by molar-refractivity contribution is -0.136. The molecule has 1 aromatic heterocycles. The third-order valence-corrected chi connectivity index (χ3v) is 5.24. The van der Waals surface area contributed by atoms with Crippen LogP contribution in [0.15, 0.2) is 59.4 Å². The van der Waals surface area contributed by atoms with Crippen molar-refractivity contribution in [1.82, 2.24) is 4.98 Å². The second-order valence-electron chi connectivity index (χ2n) is 6.67. The molecule has 0 saturated heterocycles. The zero-order chi connectivity index (χ0) is 22.4. The van der Waals surface area contributed by atoms with Gasteiger partial charge in [0.1, 0.15) is 17.1 Å². The predicted molar refractivity (Wildman–Crippen MR) is 122 cm³/mol. The number of hydrogen-bond donors (Lipinski definition) is 2. The van der Waals surface area contributed by atoms with E-state index in [1.54, 1.807) is 19.1 Å². The summed E-state index contributed by atoms with van der Waals surface area (Å²) < 4.78 is 18.2. The summed E-state index contributed by atoms with van der Waals surface area (Å²) in [5.41, 5.74) is 6.01. The third kappa shape index (κ3) is 5.55. The Morgan fingerprint density at radius 1 is 1.23 bits per heavy atom. The van der Waals surface area contributed by atoms with Gasteiger partial charge in [-0.25, -0.2) is 14.2 Å². The van der Waals surface area contributed by atoms with Gasteiger partial charge in [-0.2, -0.15) is 5.10 Å². The molecule has 0 saturated carbocycles. The van der Waals surface area contributed by atoms with Crippen molar-refractivity contribution < 1.29 is 19.0 Å². The molecule has 0 fully saturated rings. The number of anilines is 1. The minimum absolute atomic E-state index is 0.0606. The van der Waals surface area contributed by atoms with E-state index in [1.807, 2.05) is 31.2 Å². The van der Waals surface area contributed by atoms with E-state index in [2.05, 4.69) is 15.5 Å². The van der Waals surface area contributed by atoms with Crippen LogP contribution in [0.3, 0.4) is 0 Å². The zero-order valence-electron chi connectivity index (χ0n) is 17.3. The molecule has 31 heavy (non-hydrogen) atoms. The average molecular weight is 440 g/mol. The van der Waals surface area contributed by atoms with E-state index in [1.165, 1.54) is 36.6 Å². The number of esters is 1. The lowest BCUT2D eigenvalue weighted by Gasteiger charge is -2.08. The minimum atomic E-state index is -0.624. The number of hydrogen-bond acceptors (Lipinski definition) is 7. The molecule has 0 radical (unpaired) electrons. The molecular formula is C23H22FN3O3S. The largest absolute Gasteiger partial charge is 0.512 e. The van der Waals surface area contributed by atoms with E-state index in [0.29, 0.717) is 21.3 Å². The van der Waals surface area contributed by atoms with Crippen molar-refractivity contribution >= 4 is 34.2 Å². The van der Waals surface area contributed by atoms with Crippen molar-refractivity contribution in [3.63, 3.8) is 0 Å². The van der Waals surface area contributed by atoms with Crippen LogP contribution in [0.1, 0.15) is 29.9 Å². The normalized spacial score (nSPS) is 12.0. The monoisotopic (exact) mass is 439 g/mol. The van der Waals surface area contributed by atoms with Crippen LogP contribution in [-0.4, -0.2) is 28.9 Å². The average Bonchev–Trinajstić information content (AvgIpc) is 3.13. The first-order valence-electron chi connectivity index (χ1n) is 9.59. The predicted octanol–water partition coefficient (Wildman–Crippen LogP) is 5.56. The van der Waals surface area contributed by atoms with E-state index >= 15 is 0 Å². The second-order valence-corrected chi connectivity index (χ2v) is 7.66. The summed E-state index contributed by atoms with van der Waals surface area (Å²) in [6, 6.07) is 13.6. The number of ether oxygens (including phenoxy) is 1. The summed E-state index contributed by atoms with van der Waals surface area (Å²) in [5, 5.41) is 14.8. The Morgan fingerprint density at radius 3 is 2.52 bits per heavy atom. The Balaban J connectivity index is 1.99. The number of rotatable bonds is 7.